The molecule has 1 amide bonds. The van der Waals surface area contributed by atoms with Crippen LogP contribution in [-0.4, -0.2) is 15.5 Å². The molecule has 0 saturated carbocycles. The molecule has 0 unspecified atom stereocenters. The van der Waals surface area contributed by atoms with Crippen LogP contribution in [0, 0.1) is 20.8 Å². The average Bonchev–Trinajstić information content (AvgIpc) is 3.23. The molecule has 0 aliphatic rings. The van der Waals surface area contributed by atoms with Gasteiger partial charge < -0.3 is 9.88 Å². The minimum absolute atomic E-state index is 0.0104. The lowest BCUT2D eigenvalue weighted by atomic mass is 9.99. The Hall–Kier alpha value is -4.18. The molecule has 1 N–H and O–H groups in total. The summed E-state index contributed by atoms with van der Waals surface area (Å²) in [7, 11) is 0. The summed E-state index contributed by atoms with van der Waals surface area (Å²) in [5.41, 5.74) is 10.5. The molecule has 1 aromatic heterocycles. The van der Waals surface area contributed by atoms with Gasteiger partial charge in [0.05, 0.1) is 24.0 Å². The first kappa shape index (κ1) is 23.6. The number of para-hydroxylation sites is 2. The Kier molecular flexibility index (Phi) is 6.68. The number of hydrogen-bond acceptors (Lipinski definition) is 2. The molecule has 4 heteroatoms. The topological polar surface area (TPSA) is 46.9 Å². The number of carbonyl (C=O) groups is 1. The molecule has 5 aromatic rings. The summed E-state index contributed by atoms with van der Waals surface area (Å²) in [4.78, 5) is 17.7. The molecule has 0 aliphatic carbocycles. The SMILES string of the molecule is Cc1cc(C)c(Cn2c(CNC(=O)Cc3ccc(-c4ccccc4)cc3)nc3ccccc32)c(C)c1. The lowest BCUT2D eigenvalue weighted by molar-refractivity contribution is -0.120. The number of fused-ring (bicyclic) bond motifs is 1. The molecule has 0 fully saturated rings. The zero-order valence-electron chi connectivity index (χ0n) is 21.1. The van der Waals surface area contributed by atoms with E-state index >= 15 is 0 Å². The Morgan fingerprint density at radius 2 is 1.44 bits per heavy atom. The molecule has 0 atom stereocenters. The van der Waals surface area contributed by atoms with Crippen LogP contribution in [0.1, 0.15) is 33.6 Å². The van der Waals surface area contributed by atoms with Gasteiger partial charge in [-0.05, 0) is 66.3 Å². The van der Waals surface area contributed by atoms with Crippen LogP contribution in [0.5, 0.6) is 0 Å². The normalized spacial score (nSPS) is 11.1. The van der Waals surface area contributed by atoms with Gasteiger partial charge in [-0.15, -0.1) is 0 Å². The summed E-state index contributed by atoms with van der Waals surface area (Å²) < 4.78 is 2.23. The maximum absolute atomic E-state index is 12.8. The van der Waals surface area contributed by atoms with Crippen molar-refractivity contribution in [3.8, 4) is 11.1 Å². The highest BCUT2D eigenvalue weighted by Gasteiger charge is 2.14. The van der Waals surface area contributed by atoms with Crippen molar-refractivity contribution in [3.05, 3.63) is 125 Å². The van der Waals surface area contributed by atoms with Gasteiger partial charge in [-0.1, -0.05) is 84.4 Å². The van der Waals surface area contributed by atoms with E-state index in [1.165, 1.54) is 27.8 Å². The molecule has 4 aromatic carbocycles. The maximum Gasteiger partial charge on any atom is 0.224 e. The third-order valence-electron chi connectivity index (χ3n) is 6.76. The van der Waals surface area contributed by atoms with Crippen molar-refractivity contribution in [2.45, 2.75) is 40.3 Å². The second-order valence-electron chi connectivity index (χ2n) is 9.50. The third-order valence-corrected chi connectivity index (χ3v) is 6.76. The minimum Gasteiger partial charge on any atom is -0.349 e. The maximum atomic E-state index is 12.8. The smallest absolute Gasteiger partial charge is 0.224 e. The van der Waals surface area contributed by atoms with E-state index in [9.17, 15) is 4.79 Å². The molecule has 0 saturated heterocycles. The Bertz CT molecular complexity index is 1490. The molecular formula is C32H31N3O. The fourth-order valence-electron chi connectivity index (χ4n) is 4.93. The molecule has 0 radical (unpaired) electrons. The predicted molar refractivity (Wildman–Crippen MR) is 147 cm³/mol. The Labute approximate surface area is 212 Å². The van der Waals surface area contributed by atoms with Crippen molar-refractivity contribution >= 4 is 16.9 Å². The number of hydrogen-bond donors (Lipinski definition) is 1. The number of benzene rings is 4. The van der Waals surface area contributed by atoms with Crippen LogP contribution >= 0.6 is 0 Å². The van der Waals surface area contributed by atoms with E-state index in [1.54, 1.807) is 0 Å². The van der Waals surface area contributed by atoms with E-state index in [2.05, 4.69) is 73.1 Å². The fraction of sp³-hybridized carbons (Fsp3) is 0.188. The molecule has 180 valence electrons. The van der Waals surface area contributed by atoms with E-state index < -0.39 is 0 Å². The van der Waals surface area contributed by atoms with Crippen molar-refractivity contribution in [3.63, 3.8) is 0 Å². The Balaban J connectivity index is 1.32. The molecular weight excluding hydrogens is 442 g/mol. The monoisotopic (exact) mass is 473 g/mol. The van der Waals surface area contributed by atoms with Crippen molar-refractivity contribution in [2.24, 2.45) is 0 Å². The van der Waals surface area contributed by atoms with Crippen LogP contribution in [-0.2, 0) is 24.3 Å². The molecule has 0 bridgehead atoms. The van der Waals surface area contributed by atoms with Gasteiger partial charge in [0.1, 0.15) is 5.82 Å². The average molecular weight is 474 g/mol. The predicted octanol–water partition coefficient (Wildman–Crippen LogP) is 6.54. The second kappa shape index (κ2) is 10.2. The summed E-state index contributed by atoms with van der Waals surface area (Å²) in [6.07, 6.45) is 0.339. The van der Waals surface area contributed by atoms with Crippen molar-refractivity contribution in [2.75, 3.05) is 0 Å². The first-order valence-electron chi connectivity index (χ1n) is 12.4. The van der Waals surface area contributed by atoms with Gasteiger partial charge in [0.2, 0.25) is 5.91 Å². The first-order chi connectivity index (χ1) is 17.5. The Morgan fingerprint density at radius 1 is 0.806 bits per heavy atom. The van der Waals surface area contributed by atoms with Gasteiger partial charge in [0.25, 0.3) is 0 Å². The van der Waals surface area contributed by atoms with Crippen LogP contribution in [0.4, 0.5) is 0 Å². The minimum atomic E-state index is -0.0104. The highest BCUT2D eigenvalue weighted by atomic mass is 16.1. The van der Waals surface area contributed by atoms with Crippen LogP contribution in [0.2, 0.25) is 0 Å². The molecule has 0 spiro atoms. The van der Waals surface area contributed by atoms with Crippen LogP contribution < -0.4 is 5.32 Å². The lowest BCUT2D eigenvalue weighted by Gasteiger charge is -2.15. The Morgan fingerprint density at radius 3 is 2.17 bits per heavy atom. The van der Waals surface area contributed by atoms with Crippen LogP contribution in [0.15, 0.2) is 91.0 Å². The van der Waals surface area contributed by atoms with Crippen molar-refractivity contribution < 1.29 is 4.79 Å². The van der Waals surface area contributed by atoms with E-state index in [4.69, 9.17) is 4.98 Å². The molecule has 36 heavy (non-hydrogen) atoms. The lowest BCUT2D eigenvalue weighted by Crippen LogP contribution is -2.26. The second-order valence-corrected chi connectivity index (χ2v) is 9.50. The van der Waals surface area contributed by atoms with Crippen molar-refractivity contribution in [1.29, 1.82) is 0 Å². The van der Waals surface area contributed by atoms with E-state index in [1.807, 2.05) is 48.5 Å². The van der Waals surface area contributed by atoms with Crippen LogP contribution in [0.25, 0.3) is 22.2 Å². The summed E-state index contributed by atoms with van der Waals surface area (Å²) >= 11 is 0. The summed E-state index contributed by atoms with van der Waals surface area (Å²) in [6, 6.07) is 31.1. The molecule has 1 heterocycles. The van der Waals surface area contributed by atoms with E-state index in [-0.39, 0.29) is 5.91 Å². The highest BCUT2D eigenvalue weighted by molar-refractivity contribution is 5.79. The number of carbonyl (C=O) groups excluding carboxylic acids is 1. The largest absolute Gasteiger partial charge is 0.349 e. The van der Waals surface area contributed by atoms with Gasteiger partial charge >= 0.3 is 0 Å². The summed E-state index contributed by atoms with van der Waals surface area (Å²) in [5, 5.41) is 3.10. The van der Waals surface area contributed by atoms with Gasteiger partial charge in [0, 0.05) is 6.54 Å². The number of aryl methyl sites for hydroxylation is 3. The van der Waals surface area contributed by atoms with Gasteiger partial charge in [0.15, 0.2) is 0 Å². The number of amides is 1. The summed E-state index contributed by atoms with van der Waals surface area (Å²) in [6.45, 7) is 7.58. The third kappa shape index (κ3) is 5.08. The standard InChI is InChI=1S/C32H31N3O/c1-22-17-23(2)28(24(3)18-22)21-35-30-12-8-7-11-29(30)34-31(35)20-33-32(36)19-25-13-15-27(16-14-25)26-9-5-4-6-10-26/h4-18H,19-21H2,1-3H3,(H,33,36). The first-order valence-corrected chi connectivity index (χ1v) is 12.4. The number of nitrogens with zero attached hydrogens (tertiary/aromatic N) is 2. The zero-order valence-corrected chi connectivity index (χ0v) is 21.1. The van der Waals surface area contributed by atoms with Crippen LogP contribution in [0.3, 0.4) is 0 Å². The number of imidazole rings is 1. The van der Waals surface area contributed by atoms with E-state index in [0.29, 0.717) is 13.0 Å². The van der Waals surface area contributed by atoms with E-state index in [0.717, 1.165) is 34.5 Å². The molecule has 5 rings (SSSR count). The molecule has 0 aliphatic heterocycles. The van der Waals surface area contributed by atoms with Crippen molar-refractivity contribution in [1.82, 2.24) is 14.9 Å². The zero-order chi connectivity index (χ0) is 25.1. The number of aromatic nitrogens is 2. The summed E-state index contributed by atoms with van der Waals surface area (Å²) in [5.74, 6) is 0.854. The fourth-order valence-corrected chi connectivity index (χ4v) is 4.93. The molecule has 4 nitrogen and oxygen atoms in total. The quantitative estimate of drug-likeness (QED) is 0.292. The number of rotatable bonds is 7. The van der Waals surface area contributed by atoms with Gasteiger partial charge in [-0.3, -0.25) is 4.79 Å². The number of nitrogens with one attached hydrogen (secondary N) is 1. The van der Waals surface area contributed by atoms with Gasteiger partial charge in [-0.2, -0.15) is 0 Å². The highest BCUT2D eigenvalue weighted by Crippen LogP contribution is 2.23. The van der Waals surface area contributed by atoms with Gasteiger partial charge in [-0.25, -0.2) is 4.98 Å².